The van der Waals surface area contributed by atoms with Crippen LogP contribution in [0.5, 0.6) is 0 Å². The Morgan fingerprint density at radius 2 is 1.81 bits per heavy atom. The topological polar surface area (TPSA) is 69.7 Å². The van der Waals surface area contributed by atoms with E-state index in [4.69, 9.17) is 11.6 Å². The van der Waals surface area contributed by atoms with E-state index >= 15 is 0 Å². The molecule has 1 amide bonds. The predicted molar refractivity (Wildman–Crippen MR) is 105 cm³/mol. The van der Waals surface area contributed by atoms with Crippen LogP contribution in [0.15, 0.2) is 29.8 Å². The van der Waals surface area contributed by atoms with Gasteiger partial charge in [0.15, 0.2) is 0 Å². The summed E-state index contributed by atoms with van der Waals surface area (Å²) in [6, 6.07) is 6.75. The maximum absolute atomic E-state index is 13.4. The third kappa shape index (κ3) is 3.81. The first-order valence-electron chi connectivity index (χ1n) is 8.46. The molecule has 0 spiro atoms. The first-order valence-corrected chi connectivity index (χ1v) is 10.3. The van der Waals surface area contributed by atoms with Gasteiger partial charge in [0.25, 0.3) is 0 Å². The predicted octanol–water partition coefficient (Wildman–Crippen LogP) is 2.17. The van der Waals surface area contributed by atoms with Gasteiger partial charge in [-0.05, 0) is 43.7 Å². The van der Waals surface area contributed by atoms with Crippen molar-refractivity contribution < 1.29 is 13.2 Å². The van der Waals surface area contributed by atoms with Gasteiger partial charge in [0.05, 0.1) is 17.0 Å². The minimum absolute atomic E-state index is 0.199. The number of rotatable bonds is 6. The number of likely N-dealkylation sites (N-methyl/N-ethyl adjacent to an activating group) is 2. The molecule has 0 bridgehead atoms. The van der Waals surface area contributed by atoms with E-state index < -0.39 is 15.6 Å². The van der Waals surface area contributed by atoms with Crippen LogP contribution in [0, 0.1) is 0 Å². The van der Waals surface area contributed by atoms with Crippen LogP contribution in [-0.4, -0.2) is 62.8 Å². The Morgan fingerprint density at radius 1 is 1.23 bits per heavy atom. The summed E-state index contributed by atoms with van der Waals surface area (Å²) in [4.78, 5) is 13.9. The van der Waals surface area contributed by atoms with Crippen LogP contribution >= 0.6 is 11.6 Å². The molecule has 0 saturated heterocycles. The number of nitrogens with zero attached hydrogens (tertiary/aromatic N) is 2. The number of hydrogen-bond donors (Lipinski definition) is 1. The number of amides is 1. The lowest BCUT2D eigenvalue weighted by molar-refractivity contribution is -0.129. The second kappa shape index (κ2) is 7.68. The molecule has 0 saturated carbocycles. The molecule has 1 aliphatic heterocycles. The standard InChI is InChI=1S/C18H26ClN3O3S/c1-6-20-11-15-17(13-7-9-14(19)10-8-13)26(24,25)22(18(15,2)3)12-16(23)21(4)5/h7-10,20H,6,11-12H2,1-5H3. The van der Waals surface area contributed by atoms with E-state index in [2.05, 4.69) is 5.32 Å². The van der Waals surface area contributed by atoms with Crippen molar-refractivity contribution in [1.82, 2.24) is 14.5 Å². The molecule has 1 aliphatic rings. The summed E-state index contributed by atoms with van der Waals surface area (Å²) in [7, 11) is -0.595. The molecule has 8 heteroatoms. The van der Waals surface area contributed by atoms with Crippen molar-refractivity contribution in [2.24, 2.45) is 0 Å². The zero-order chi connectivity index (χ0) is 19.7. The lowest BCUT2D eigenvalue weighted by atomic mass is 9.91. The number of halogens is 1. The smallest absolute Gasteiger partial charge is 0.245 e. The second-order valence-electron chi connectivity index (χ2n) is 6.95. The monoisotopic (exact) mass is 399 g/mol. The van der Waals surface area contributed by atoms with Crippen LogP contribution in [0.25, 0.3) is 4.91 Å². The summed E-state index contributed by atoms with van der Waals surface area (Å²) in [5.41, 5.74) is 0.505. The summed E-state index contributed by atoms with van der Waals surface area (Å²) in [5, 5.41) is 3.76. The van der Waals surface area contributed by atoms with E-state index in [1.807, 2.05) is 20.8 Å². The van der Waals surface area contributed by atoms with E-state index in [-0.39, 0.29) is 17.4 Å². The van der Waals surface area contributed by atoms with Crippen LogP contribution < -0.4 is 5.32 Å². The number of benzene rings is 1. The fraction of sp³-hybridized carbons (Fsp3) is 0.500. The van der Waals surface area contributed by atoms with Gasteiger partial charge in [-0.15, -0.1) is 0 Å². The third-order valence-electron chi connectivity index (χ3n) is 4.62. The van der Waals surface area contributed by atoms with Gasteiger partial charge in [-0.3, -0.25) is 4.79 Å². The average molecular weight is 400 g/mol. The zero-order valence-electron chi connectivity index (χ0n) is 15.8. The molecule has 0 radical (unpaired) electrons. The van der Waals surface area contributed by atoms with Crippen molar-refractivity contribution in [3.05, 3.63) is 40.4 Å². The Morgan fingerprint density at radius 3 is 2.31 bits per heavy atom. The Kier molecular flexibility index (Phi) is 6.17. The van der Waals surface area contributed by atoms with Crippen molar-refractivity contribution in [2.45, 2.75) is 26.3 Å². The Labute approximate surface area is 160 Å². The van der Waals surface area contributed by atoms with E-state index in [0.717, 1.165) is 5.57 Å². The normalized spacial score (nSPS) is 19.0. The highest BCUT2D eigenvalue weighted by atomic mass is 35.5. The summed E-state index contributed by atoms with van der Waals surface area (Å²) in [5.74, 6) is -0.262. The molecule has 0 fully saturated rings. The van der Waals surface area contributed by atoms with Crippen LogP contribution in [0.2, 0.25) is 5.02 Å². The molecule has 26 heavy (non-hydrogen) atoms. The Balaban J connectivity index is 2.61. The van der Waals surface area contributed by atoms with Gasteiger partial charge in [0.1, 0.15) is 0 Å². The van der Waals surface area contributed by atoms with Crippen molar-refractivity contribution in [1.29, 1.82) is 0 Å². The van der Waals surface area contributed by atoms with Gasteiger partial charge in [0.2, 0.25) is 15.9 Å². The minimum atomic E-state index is -3.83. The zero-order valence-corrected chi connectivity index (χ0v) is 17.4. The second-order valence-corrected chi connectivity index (χ2v) is 9.19. The molecular formula is C18H26ClN3O3S. The van der Waals surface area contributed by atoms with Crippen molar-refractivity contribution >= 4 is 32.4 Å². The fourth-order valence-corrected chi connectivity index (χ4v) is 5.42. The van der Waals surface area contributed by atoms with Gasteiger partial charge < -0.3 is 10.2 Å². The van der Waals surface area contributed by atoms with Crippen molar-refractivity contribution in [2.75, 3.05) is 33.7 Å². The van der Waals surface area contributed by atoms with E-state index in [1.54, 1.807) is 38.4 Å². The first kappa shape index (κ1) is 20.9. The van der Waals surface area contributed by atoms with Crippen LogP contribution in [0.3, 0.4) is 0 Å². The van der Waals surface area contributed by atoms with Crippen molar-refractivity contribution in [3.63, 3.8) is 0 Å². The van der Waals surface area contributed by atoms with E-state index in [0.29, 0.717) is 23.7 Å². The minimum Gasteiger partial charge on any atom is -0.348 e. The summed E-state index contributed by atoms with van der Waals surface area (Å²) < 4.78 is 28.0. The lowest BCUT2D eigenvalue weighted by Crippen LogP contribution is -2.49. The van der Waals surface area contributed by atoms with Gasteiger partial charge in [0, 0.05) is 25.7 Å². The third-order valence-corrected chi connectivity index (χ3v) is 7.04. The number of hydrogen-bond acceptors (Lipinski definition) is 4. The molecule has 1 aromatic rings. The van der Waals surface area contributed by atoms with Gasteiger partial charge in [-0.25, -0.2) is 8.42 Å². The molecule has 144 valence electrons. The average Bonchev–Trinajstić information content (AvgIpc) is 2.70. The lowest BCUT2D eigenvalue weighted by Gasteiger charge is -2.32. The van der Waals surface area contributed by atoms with Gasteiger partial charge >= 0.3 is 0 Å². The van der Waals surface area contributed by atoms with E-state index in [9.17, 15) is 13.2 Å². The van der Waals surface area contributed by atoms with Crippen LogP contribution in [-0.2, 0) is 14.8 Å². The largest absolute Gasteiger partial charge is 0.348 e. The highest BCUT2D eigenvalue weighted by Gasteiger charge is 2.50. The molecule has 1 N–H and O–H groups in total. The maximum atomic E-state index is 13.4. The van der Waals surface area contributed by atoms with Gasteiger partial charge in [-0.1, -0.05) is 30.7 Å². The molecule has 1 heterocycles. The van der Waals surface area contributed by atoms with E-state index in [1.165, 1.54) is 9.21 Å². The molecule has 2 rings (SSSR count). The highest BCUT2D eigenvalue weighted by molar-refractivity contribution is 7.98. The Hall–Kier alpha value is -1.41. The molecular weight excluding hydrogens is 374 g/mol. The molecule has 1 aromatic carbocycles. The number of carbonyl (C=O) groups excluding carboxylic acids is 1. The SMILES string of the molecule is CCNCC1=C(c2ccc(Cl)cc2)S(=O)(=O)N(CC(=O)N(C)C)C1(C)C. The summed E-state index contributed by atoms with van der Waals surface area (Å²) in [6.45, 7) is 6.57. The van der Waals surface area contributed by atoms with Crippen LogP contribution in [0.1, 0.15) is 26.3 Å². The van der Waals surface area contributed by atoms with Crippen molar-refractivity contribution in [3.8, 4) is 0 Å². The van der Waals surface area contributed by atoms with Crippen LogP contribution in [0.4, 0.5) is 0 Å². The quantitative estimate of drug-likeness (QED) is 0.795. The highest BCUT2D eigenvalue weighted by Crippen LogP contribution is 2.44. The summed E-state index contributed by atoms with van der Waals surface area (Å²) >= 11 is 5.96. The molecule has 0 unspecified atom stereocenters. The van der Waals surface area contributed by atoms with Gasteiger partial charge in [-0.2, -0.15) is 4.31 Å². The maximum Gasteiger partial charge on any atom is 0.245 e. The Bertz CT molecular complexity index is 815. The molecule has 0 atom stereocenters. The summed E-state index contributed by atoms with van der Waals surface area (Å²) in [6.07, 6.45) is 0. The number of sulfonamides is 1. The molecule has 0 aliphatic carbocycles. The number of carbonyl (C=O) groups is 1. The first-order chi connectivity index (χ1) is 12.0. The molecule has 6 nitrogen and oxygen atoms in total. The fourth-order valence-electron chi connectivity index (χ4n) is 3.01. The number of nitrogens with one attached hydrogen (secondary N) is 1. The molecule has 0 aromatic heterocycles.